The first-order valence-corrected chi connectivity index (χ1v) is 16.9. The minimum Gasteiger partial charge on any atom is -0.332 e. The molecule has 0 saturated heterocycles. The van der Waals surface area contributed by atoms with Crippen LogP contribution in [0.15, 0.2) is 0 Å². The standard InChI is InChI=1S/C26H14Br2F38O/c1-5(2)7(27,9(29,30)11(33,34)13(37,38)15(41,42)17(45,46)19(49,50)21(53,54)23(57,58)25(61,62)63)67-8(28,6(3)4)10(31,32)12(35,36)14(39,40)16(43,44)18(47,48)20(51,52)22(55,56)24(59,60)26(64,65)66/h5-6H,1-4H3. The predicted molar refractivity (Wildman–Crippen MR) is 145 cm³/mol. The molecule has 0 radical (unpaired) electrons. The van der Waals surface area contributed by atoms with Crippen molar-refractivity contribution in [3.8, 4) is 0 Å². The van der Waals surface area contributed by atoms with Crippen molar-refractivity contribution in [1.82, 2.24) is 0 Å². The van der Waals surface area contributed by atoms with Crippen LogP contribution in [0.2, 0.25) is 0 Å². The van der Waals surface area contributed by atoms with Gasteiger partial charge >= 0.3 is 107 Å². The van der Waals surface area contributed by atoms with Crippen molar-refractivity contribution in [2.24, 2.45) is 11.8 Å². The van der Waals surface area contributed by atoms with E-state index in [0.717, 1.165) is 31.9 Å². The fourth-order valence-electron chi connectivity index (χ4n) is 4.46. The Morgan fingerprint density at radius 1 is 0.209 bits per heavy atom. The van der Waals surface area contributed by atoms with Crippen molar-refractivity contribution in [3.63, 3.8) is 0 Å². The van der Waals surface area contributed by atoms with Gasteiger partial charge in [0.2, 0.25) is 0 Å². The summed E-state index contributed by atoms with van der Waals surface area (Å²) in [6.07, 6.45) is -16.7. The monoisotopic (exact) mass is 1220 g/mol. The van der Waals surface area contributed by atoms with Crippen LogP contribution in [0.4, 0.5) is 167 Å². The average molecular weight is 1220 g/mol. The second-order valence-corrected chi connectivity index (χ2v) is 16.2. The van der Waals surface area contributed by atoms with E-state index in [1.165, 1.54) is 0 Å². The van der Waals surface area contributed by atoms with E-state index in [1.54, 1.807) is 0 Å². The molecule has 0 aliphatic heterocycles. The van der Waals surface area contributed by atoms with E-state index in [2.05, 4.69) is 4.74 Å². The minimum absolute atomic E-state index is 0.524. The Morgan fingerprint density at radius 3 is 0.418 bits per heavy atom. The molecular formula is C26H14Br2F38O. The summed E-state index contributed by atoms with van der Waals surface area (Å²) in [4.78, 5) is 0. The van der Waals surface area contributed by atoms with Gasteiger partial charge in [0.15, 0.2) is 9.02 Å². The van der Waals surface area contributed by atoms with Crippen LogP contribution in [-0.4, -0.2) is 116 Å². The lowest BCUT2D eigenvalue weighted by Gasteiger charge is -2.52. The summed E-state index contributed by atoms with van der Waals surface area (Å²) in [6, 6.07) is 0. The topological polar surface area (TPSA) is 9.23 Å². The zero-order valence-electron chi connectivity index (χ0n) is 30.7. The smallest absolute Gasteiger partial charge is 0.332 e. The molecule has 0 bridgehead atoms. The van der Waals surface area contributed by atoms with Crippen molar-refractivity contribution in [3.05, 3.63) is 0 Å². The Morgan fingerprint density at radius 2 is 0.313 bits per heavy atom. The number of hydrogen-bond acceptors (Lipinski definition) is 1. The summed E-state index contributed by atoms with van der Waals surface area (Å²) in [5, 5.41) is 0. The fraction of sp³-hybridized carbons (Fsp3) is 1.00. The van der Waals surface area contributed by atoms with Gasteiger partial charge in [0.25, 0.3) is 0 Å². The number of ether oxygens (including phenoxy) is 1. The zero-order chi connectivity index (χ0) is 55.9. The highest BCUT2D eigenvalue weighted by Crippen LogP contribution is 2.71. The summed E-state index contributed by atoms with van der Waals surface area (Å²) in [5.41, 5.74) is 0. The van der Waals surface area contributed by atoms with Crippen molar-refractivity contribution in [2.45, 2.75) is 144 Å². The Kier molecular flexibility index (Phi) is 16.0. The lowest BCUT2D eigenvalue weighted by atomic mass is 9.83. The van der Waals surface area contributed by atoms with Crippen LogP contribution in [-0.2, 0) is 4.74 Å². The SMILES string of the molecule is CC(C)C(Br)(OC(Br)(C(C)C)C(F)(F)C(F)(F)C(F)(F)C(F)(F)C(F)(F)C(F)(F)C(F)(F)C(F)(F)C(F)(F)F)C(F)(F)C(F)(F)C(F)(F)C(F)(F)C(F)(F)C(F)(F)C(F)(F)C(F)(F)C(F)(F)F. The summed E-state index contributed by atoms with van der Waals surface area (Å²) >= 11 is 1.57. The van der Waals surface area contributed by atoms with Gasteiger partial charge in [-0.05, 0) is 43.7 Å². The summed E-state index contributed by atoms with van der Waals surface area (Å²) in [6.45, 7) is -2.10. The van der Waals surface area contributed by atoms with E-state index in [-0.39, 0.29) is 0 Å². The predicted octanol–water partition coefficient (Wildman–Crippen LogP) is 15.8. The molecule has 0 aromatic carbocycles. The van der Waals surface area contributed by atoms with Crippen LogP contribution in [0.3, 0.4) is 0 Å². The summed E-state index contributed by atoms with van der Waals surface area (Å²) < 4.78 is 522. The highest BCUT2D eigenvalue weighted by molar-refractivity contribution is 9.10. The molecule has 0 aromatic rings. The number of alkyl halides is 40. The summed E-state index contributed by atoms with van der Waals surface area (Å²) in [5.74, 6) is -156. The van der Waals surface area contributed by atoms with Crippen LogP contribution >= 0.6 is 31.9 Å². The third-order valence-corrected chi connectivity index (χ3v) is 12.0. The van der Waals surface area contributed by atoms with E-state index in [0.29, 0.717) is 0 Å². The molecule has 0 aliphatic rings. The minimum atomic E-state index is -9.70. The molecule has 67 heavy (non-hydrogen) atoms. The number of hydrogen-bond donors (Lipinski definition) is 0. The van der Waals surface area contributed by atoms with Crippen LogP contribution in [0.5, 0.6) is 0 Å². The molecule has 0 amide bonds. The maximum atomic E-state index is 15.6. The van der Waals surface area contributed by atoms with Gasteiger partial charge in [-0.25, -0.2) is 0 Å². The molecule has 0 spiro atoms. The van der Waals surface area contributed by atoms with E-state index in [1.807, 2.05) is 0 Å². The number of rotatable bonds is 20. The Hall–Kier alpha value is -1.74. The van der Waals surface area contributed by atoms with Gasteiger partial charge in [-0.15, -0.1) is 0 Å². The Bertz CT molecular complexity index is 1640. The van der Waals surface area contributed by atoms with Crippen molar-refractivity contribution < 1.29 is 172 Å². The summed E-state index contributed by atoms with van der Waals surface area (Å²) in [7, 11) is 0. The Labute approximate surface area is 359 Å². The molecule has 41 heteroatoms. The lowest BCUT2D eigenvalue weighted by molar-refractivity contribution is -0.477. The van der Waals surface area contributed by atoms with Gasteiger partial charge in [0, 0.05) is 0 Å². The quantitative estimate of drug-likeness (QED) is 0.0872. The molecule has 0 N–H and O–H groups in total. The lowest BCUT2D eigenvalue weighted by Crippen LogP contribution is -2.79. The third kappa shape index (κ3) is 7.84. The second kappa shape index (κ2) is 16.4. The van der Waals surface area contributed by atoms with Crippen LogP contribution in [0.1, 0.15) is 27.7 Å². The fourth-order valence-corrected chi connectivity index (χ4v) is 5.68. The Balaban J connectivity index is 8.26. The van der Waals surface area contributed by atoms with Gasteiger partial charge in [0.05, 0.1) is 0 Å². The highest BCUT2D eigenvalue weighted by Gasteiger charge is 3.00. The molecule has 404 valence electrons. The first-order valence-electron chi connectivity index (χ1n) is 15.4. The van der Waals surface area contributed by atoms with E-state index >= 15 is 35.1 Å². The first-order chi connectivity index (χ1) is 28.1. The number of halogens is 40. The molecule has 1 nitrogen and oxygen atoms in total. The molecule has 2 atom stereocenters. The molecule has 0 aliphatic carbocycles. The third-order valence-electron chi connectivity index (χ3n) is 8.87. The van der Waals surface area contributed by atoms with Gasteiger partial charge < -0.3 is 4.74 Å². The van der Waals surface area contributed by atoms with Gasteiger partial charge in [0.1, 0.15) is 0 Å². The van der Waals surface area contributed by atoms with Crippen LogP contribution in [0, 0.1) is 11.8 Å². The maximum absolute atomic E-state index is 15.6. The first kappa shape index (κ1) is 65.3. The normalized spacial score (nSPS) is 18.7. The van der Waals surface area contributed by atoms with Crippen molar-refractivity contribution in [1.29, 1.82) is 0 Å². The van der Waals surface area contributed by atoms with E-state index < -0.39 is 156 Å². The van der Waals surface area contributed by atoms with Gasteiger partial charge in [-0.2, -0.15) is 167 Å². The largest absolute Gasteiger partial charge is 0.460 e. The van der Waals surface area contributed by atoms with Crippen molar-refractivity contribution >= 4 is 31.9 Å². The molecular weight excluding hydrogens is 1210 g/mol. The van der Waals surface area contributed by atoms with Crippen LogP contribution in [0.25, 0.3) is 0 Å². The maximum Gasteiger partial charge on any atom is 0.460 e. The van der Waals surface area contributed by atoms with Gasteiger partial charge in [-0.3, -0.25) is 0 Å². The zero-order valence-corrected chi connectivity index (χ0v) is 33.9. The molecule has 0 saturated carbocycles. The highest BCUT2D eigenvalue weighted by atomic mass is 79.9. The van der Waals surface area contributed by atoms with Crippen molar-refractivity contribution in [2.75, 3.05) is 0 Å². The molecule has 0 fully saturated rings. The molecule has 2 unspecified atom stereocenters. The molecule has 0 aromatic heterocycles. The van der Waals surface area contributed by atoms with Gasteiger partial charge in [-0.1, -0.05) is 27.7 Å². The second-order valence-electron chi connectivity index (χ2n) is 13.9. The van der Waals surface area contributed by atoms with E-state index in [9.17, 15) is 132 Å². The molecule has 0 heterocycles. The average Bonchev–Trinajstić information content (AvgIpc) is 3.08. The molecule has 0 rings (SSSR count). The van der Waals surface area contributed by atoms with E-state index in [4.69, 9.17) is 0 Å². The van der Waals surface area contributed by atoms with Crippen LogP contribution < -0.4 is 0 Å².